The molecule has 0 spiro atoms. The van der Waals surface area contributed by atoms with E-state index in [4.69, 9.17) is 17.4 Å². The zero-order chi connectivity index (χ0) is 19.2. The van der Waals surface area contributed by atoms with Crippen LogP contribution in [0.2, 0.25) is 5.02 Å². The van der Waals surface area contributed by atoms with Crippen LogP contribution in [0.3, 0.4) is 0 Å². The lowest BCUT2D eigenvalue weighted by Crippen LogP contribution is -2.21. The number of hydrogen-bond acceptors (Lipinski definition) is 6. The van der Waals surface area contributed by atoms with Crippen molar-refractivity contribution in [2.45, 2.75) is 22.4 Å². The molecular weight excluding hydrogens is 404 g/mol. The van der Waals surface area contributed by atoms with Crippen LogP contribution in [0.25, 0.3) is 0 Å². The minimum Gasteiger partial charge on any atom is -0.335 e. The van der Waals surface area contributed by atoms with Gasteiger partial charge in [0, 0.05) is 6.07 Å². The summed E-state index contributed by atoms with van der Waals surface area (Å²) in [6, 6.07) is 0.766. The van der Waals surface area contributed by atoms with Crippen molar-refractivity contribution in [1.82, 2.24) is 14.9 Å². The zero-order valence-corrected chi connectivity index (χ0v) is 13.0. The summed E-state index contributed by atoms with van der Waals surface area (Å²) in [5, 5.41) is 15.4. The number of rotatable bonds is 3. The highest BCUT2D eigenvalue weighted by atomic mass is 35.5. The lowest BCUT2D eigenvalue weighted by molar-refractivity contribution is -0.388. The topological polar surface area (TPSA) is 99.9 Å². The van der Waals surface area contributed by atoms with Crippen LogP contribution in [0.5, 0.6) is 0 Å². The first-order valence-corrected chi connectivity index (χ1v) is 7.02. The lowest BCUT2D eigenvalue weighted by atomic mass is 10.2. The van der Waals surface area contributed by atoms with Gasteiger partial charge in [0.05, 0.1) is 20.4 Å². The van der Waals surface area contributed by atoms with Crippen molar-refractivity contribution < 1.29 is 31.3 Å². The summed E-state index contributed by atoms with van der Waals surface area (Å²) < 4.78 is 76.1. The monoisotopic (exact) mass is 407 g/mol. The molecule has 0 radical (unpaired) electrons. The van der Waals surface area contributed by atoms with Crippen LogP contribution in [0, 0.1) is 10.1 Å². The van der Waals surface area contributed by atoms with E-state index in [2.05, 4.69) is 10.2 Å². The molecule has 2 aromatic rings. The Morgan fingerprint density at radius 3 is 2.20 bits per heavy atom. The van der Waals surface area contributed by atoms with Crippen LogP contribution < -0.4 is 5.84 Å². The van der Waals surface area contributed by atoms with Gasteiger partial charge in [-0.1, -0.05) is 11.6 Å². The predicted octanol–water partition coefficient (Wildman–Crippen LogP) is 3.74. The van der Waals surface area contributed by atoms with Crippen LogP contribution in [-0.2, 0) is 12.4 Å². The summed E-state index contributed by atoms with van der Waals surface area (Å²) in [5.41, 5.74) is -2.49. The fourth-order valence-electron chi connectivity index (χ4n) is 1.62. The molecule has 0 saturated carbocycles. The van der Waals surface area contributed by atoms with E-state index in [9.17, 15) is 36.5 Å². The number of nitro benzene ring substituents is 1. The Morgan fingerprint density at radius 1 is 1.16 bits per heavy atom. The number of benzene rings is 1. The fraction of sp³-hybridized carbons (Fsp3) is 0.200. The van der Waals surface area contributed by atoms with E-state index in [1.54, 1.807) is 0 Å². The summed E-state index contributed by atoms with van der Waals surface area (Å²) >= 11 is 5.67. The number of alkyl halides is 6. The number of nitrogens with zero attached hydrogens (tertiary/aromatic N) is 4. The van der Waals surface area contributed by atoms with Crippen molar-refractivity contribution in [2.24, 2.45) is 0 Å². The highest BCUT2D eigenvalue weighted by molar-refractivity contribution is 7.99. The average molecular weight is 408 g/mol. The van der Waals surface area contributed by atoms with Gasteiger partial charge in [0.1, 0.15) is 0 Å². The van der Waals surface area contributed by atoms with Crippen LogP contribution in [-0.4, -0.2) is 19.8 Å². The Kier molecular flexibility index (Phi) is 4.78. The molecule has 0 bridgehead atoms. The molecule has 1 aromatic heterocycles. The second-order valence-corrected chi connectivity index (χ2v) is 5.75. The quantitative estimate of drug-likeness (QED) is 0.360. The Balaban J connectivity index is 2.52. The van der Waals surface area contributed by atoms with E-state index in [-0.39, 0.29) is 22.5 Å². The Morgan fingerprint density at radius 2 is 1.76 bits per heavy atom. The molecule has 0 amide bonds. The molecular formula is C10H4ClF6N5O2S. The highest BCUT2D eigenvalue weighted by Crippen LogP contribution is 2.43. The molecule has 2 rings (SSSR count). The number of aromatic nitrogens is 3. The van der Waals surface area contributed by atoms with E-state index >= 15 is 0 Å². The molecule has 7 nitrogen and oxygen atoms in total. The average Bonchev–Trinajstić information content (AvgIpc) is 2.78. The van der Waals surface area contributed by atoms with Gasteiger partial charge in [0.25, 0.3) is 11.5 Å². The number of nitro groups is 1. The minimum atomic E-state index is -4.96. The summed E-state index contributed by atoms with van der Waals surface area (Å²) in [6.07, 6.45) is -9.90. The second kappa shape index (κ2) is 6.25. The molecule has 0 fully saturated rings. The highest BCUT2D eigenvalue weighted by Gasteiger charge is 2.39. The first kappa shape index (κ1) is 19.1. The van der Waals surface area contributed by atoms with Gasteiger partial charge in [-0.15, -0.1) is 10.2 Å². The summed E-state index contributed by atoms with van der Waals surface area (Å²) in [5.74, 6) is 3.58. The number of nitrogens with two attached hydrogens (primary N) is 1. The van der Waals surface area contributed by atoms with Gasteiger partial charge in [-0.2, -0.15) is 26.3 Å². The molecule has 2 N–H and O–H groups in total. The summed E-state index contributed by atoms with van der Waals surface area (Å²) in [7, 11) is 0. The fourth-order valence-corrected chi connectivity index (χ4v) is 2.84. The standard InChI is InChI=1S/C10H4ClF6N5O2S/c11-4-2-6(5(22(23)24)1-3(4)9(12,13)14)25-8-20-19-7(21(8)18)10(15,16)17/h1-2H,18H2. The van der Waals surface area contributed by atoms with E-state index < -0.39 is 49.4 Å². The molecule has 136 valence electrons. The minimum absolute atomic E-state index is 0.0139. The van der Waals surface area contributed by atoms with Gasteiger partial charge in [-0.05, 0) is 17.8 Å². The smallest absolute Gasteiger partial charge is 0.335 e. The molecule has 25 heavy (non-hydrogen) atoms. The van der Waals surface area contributed by atoms with Gasteiger partial charge in [0.15, 0.2) is 0 Å². The summed E-state index contributed by atoms with van der Waals surface area (Å²) in [6.45, 7) is 0. The number of halogens is 7. The van der Waals surface area contributed by atoms with Gasteiger partial charge < -0.3 is 5.84 Å². The second-order valence-electron chi connectivity index (χ2n) is 4.33. The van der Waals surface area contributed by atoms with Crippen molar-refractivity contribution in [1.29, 1.82) is 0 Å². The Labute approximate surface area is 142 Å². The first-order valence-electron chi connectivity index (χ1n) is 5.83. The molecule has 0 unspecified atom stereocenters. The van der Waals surface area contributed by atoms with Crippen LogP contribution >= 0.6 is 23.4 Å². The third-order valence-electron chi connectivity index (χ3n) is 2.67. The van der Waals surface area contributed by atoms with Crippen LogP contribution in [0.15, 0.2) is 22.2 Å². The third-order valence-corrected chi connectivity index (χ3v) is 3.99. The molecule has 0 aliphatic rings. The van der Waals surface area contributed by atoms with E-state index in [1.165, 1.54) is 0 Å². The third kappa shape index (κ3) is 3.89. The molecule has 1 heterocycles. The Bertz CT molecular complexity index is 836. The molecule has 0 aliphatic carbocycles. The SMILES string of the molecule is Nn1c(Sc2cc(Cl)c(C(F)(F)F)cc2[N+](=O)[O-])nnc1C(F)(F)F. The van der Waals surface area contributed by atoms with E-state index in [0.29, 0.717) is 6.07 Å². The predicted molar refractivity (Wildman–Crippen MR) is 72.4 cm³/mol. The normalized spacial score (nSPS) is 12.4. The molecule has 0 aliphatic heterocycles. The van der Waals surface area contributed by atoms with E-state index in [0.717, 1.165) is 0 Å². The molecule has 0 atom stereocenters. The molecule has 15 heteroatoms. The molecule has 0 saturated heterocycles. The van der Waals surface area contributed by atoms with Crippen molar-refractivity contribution in [3.05, 3.63) is 38.7 Å². The zero-order valence-electron chi connectivity index (χ0n) is 11.4. The van der Waals surface area contributed by atoms with E-state index in [1.807, 2.05) is 0 Å². The van der Waals surface area contributed by atoms with Crippen LogP contribution in [0.1, 0.15) is 11.4 Å². The first-order chi connectivity index (χ1) is 11.3. The number of hydrogen-bond donors (Lipinski definition) is 1. The van der Waals surface area contributed by atoms with Gasteiger partial charge in [-0.25, -0.2) is 4.68 Å². The lowest BCUT2D eigenvalue weighted by Gasteiger charge is -2.11. The maximum absolute atomic E-state index is 12.8. The van der Waals surface area contributed by atoms with Crippen LogP contribution in [0.4, 0.5) is 32.0 Å². The largest absolute Gasteiger partial charge is 0.453 e. The van der Waals surface area contributed by atoms with Crippen molar-refractivity contribution in [3.63, 3.8) is 0 Å². The van der Waals surface area contributed by atoms with Gasteiger partial charge in [-0.3, -0.25) is 10.1 Å². The Hall–Kier alpha value is -2.22. The molecule has 1 aromatic carbocycles. The maximum Gasteiger partial charge on any atom is 0.453 e. The van der Waals surface area contributed by atoms with Crippen molar-refractivity contribution >= 4 is 29.1 Å². The van der Waals surface area contributed by atoms with Gasteiger partial charge >= 0.3 is 12.4 Å². The van der Waals surface area contributed by atoms with Crippen molar-refractivity contribution in [2.75, 3.05) is 5.84 Å². The maximum atomic E-state index is 12.8. The number of nitrogen functional groups attached to an aromatic ring is 1. The van der Waals surface area contributed by atoms with Gasteiger partial charge in [0.2, 0.25) is 5.16 Å². The summed E-state index contributed by atoms with van der Waals surface area (Å²) in [4.78, 5) is 9.35. The van der Waals surface area contributed by atoms with Crippen molar-refractivity contribution in [3.8, 4) is 0 Å².